The van der Waals surface area contributed by atoms with Gasteiger partial charge < -0.3 is 0 Å². The number of aromatic nitrogens is 6. The monoisotopic (exact) mass is 308 g/mol. The Morgan fingerprint density at radius 1 is 0.955 bits per heavy atom. The van der Waals surface area contributed by atoms with E-state index >= 15 is 4.39 Å². The fraction of sp³-hybridized carbons (Fsp3) is 0.231. The summed E-state index contributed by atoms with van der Waals surface area (Å²) in [6.07, 6.45) is 5.13. The molecule has 0 unspecified atom stereocenters. The lowest BCUT2D eigenvalue weighted by molar-refractivity contribution is 0.0953. The van der Waals surface area contributed by atoms with Crippen molar-refractivity contribution in [2.24, 2.45) is 0 Å². The lowest BCUT2D eigenvalue weighted by Crippen LogP contribution is -2.33. The molecule has 0 aliphatic carbocycles. The van der Waals surface area contributed by atoms with E-state index in [1.807, 2.05) is 0 Å². The van der Waals surface area contributed by atoms with Gasteiger partial charge in [0.15, 0.2) is 5.67 Å². The molecule has 0 aliphatic heterocycles. The third-order valence-corrected chi connectivity index (χ3v) is 3.17. The van der Waals surface area contributed by atoms with Gasteiger partial charge in [0.2, 0.25) is 0 Å². The first-order chi connectivity index (χ1) is 10.6. The van der Waals surface area contributed by atoms with Gasteiger partial charge in [-0.1, -0.05) is 0 Å². The summed E-state index contributed by atoms with van der Waals surface area (Å²) in [6, 6.07) is 2.74. The molecule has 9 heteroatoms. The van der Waals surface area contributed by atoms with Crippen LogP contribution in [0.3, 0.4) is 0 Å². The van der Waals surface area contributed by atoms with Crippen LogP contribution >= 0.6 is 0 Å². The molecule has 22 heavy (non-hydrogen) atoms. The largest absolute Gasteiger partial charge is 0.249 e. The Kier molecular flexibility index (Phi) is 3.61. The van der Waals surface area contributed by atoms with Gasteiger partial charge in [0.05, 0.1) is 13.1 Å². The second-order valence-electron chi connectivity index (χ2n) is 4.78. The van der Waals surface area contributed by atoms with Crippen LogP contribution in [0.25, 0.3) is 0 Å². The van der Waals surface area contributed by atoms with E-state index in [0.29, 0.717) is 6.07 Å². The Morgan fingerprint density at radius 3 is 2.00 bits per heavy atom. The normalized spacial score (nSPS) is 11.8. The number of alkyl halides is 1. The second-order valence-corrected chi connectivity index (χ2v) is 4.78. The van der Waals surface area contributed by atoms with Crippen LogP contribution in [0.4, 0.5) is 13.2 Å². The minimum Gasteiger partial charge on any atom is -0.249 e. The predicted molar refractivity (Wildman–Crippen MR) is 69.2 cm³/mol. The molecule has 0 bridgehead atoms. The molecule has 0 fully saturated rings. The van der Waals surface area contributed by atoms with E-state index in [4.69, 9.17) is 0 Å². The van der Waals surface area contributed by atoms with Crippen LogP contribution in [0.2, 0.25) is 0 Å². The molecule has 0 amide bonds. The van der Waals surface area contributed by atoms with Crippen molar-refractivity contribution < 1.29 is 13.2 Å². The van der Waals surface area contributed by atoms with Crippen LogP contribution < -0.4 is 0 Å². The lowest BCUT2D eigenvalue weighted by atomic mass is 9.95. The number of halogens is 3. The molecule has 0 saturated carbocycles. The Balaban J connectivity index is 2.01. The summed E-state index contributed by atoms with van der Waals surface area (Å²) in [7, 11) is 0. The first-order valence-electron chi connectivity index (χ1n) is 6.36. The number of benzene rings is 1. The van der Waals surface area contributed by atoms with Crippen molar-refractivity contribution in [2.75, 3.05) is 0 Å². The fourth-order valence-corrected chi connectivity index (χ4v) is 2.22. The summed E-state index contributed by atoms with van der Waals surface area (Å²) in [4.78, 5) is 7.46. The fourth-order valence-electron chi connectivity index (χ4n) is 2.22. The van der Waals surface area contributed by atoms with Crippen molar-refractivity contribution in [1.29, 1.82) is 0 Å². The van der Waals surface area contributed by atoms with Crippen LogP contribution in [0.15, 0.2) is 43.5 Å². The quantitative estimate of drug-likeness (QED) is 0.720. The smallest absolute Gasteiger partial charge is 0.177 e. The SMILES string of the molecule is Fc1ccc(C(F)(Cn2cncn2)Cn2cncn2)c(F)c1. The minimum atomic E-state index is -2.20. The zero-order valence-electron chi connectivity index (χ0n) is 11.3. The van der Waals surface area contributed by atoms with Gasteiger partial charge in [-0.15, -0.1) is 0 Å². The van der Waals surface area contributed by atoms with E-state index in [-0.39, 0.29) is 18.7 Å². The van der Waals surface area contributed by atoms with Gasteiger partial charge in [0.1, 0.15) is 36.9 Å². The third kappa shape index (κ3) is 2.83. The molecule has 0 N–H and O–H groups in total. The predicted octanol–water partition coefficient (Wildman–Crippen LogP) is 1.71. The summed E-state index contributed by atoms with van der Waals surface area (Å²) in [5.74, 6) is -1.74. The molecule has 0 aliphatic rings. The maximum atomic E-state index is 15.5. The number of rotatable bonds is 5. The van der Waals surface area contributed by atoms with Crippen molar-refractivity contribution >= 4 is 0 Å². The first-order valence-corrected chi connectivity index (χ1v) is 6.36. The molecule has 2 aromatic heterocycles. The zero-order valence-corrected chi connectivity index (χ0v) is 11.3. The van der Waals surface area contributed by atoms with Gasteiger partial charge >= 0.3 is 0 Å². The first kappa shape index (κ1) is 14.2. The molecule has 1 aromatic carbocycles. The summed E-state index contributed by atoms with van der Waals surface area (Å²) in [5.41, 5.74) is -2.47. The second kappa shape index (κ2) is 5.58. The molecule has 0 atom stereocenters. The Labute approximate surface area is 123 Å². The molecule has 3 rings (SSSR count). The third-order valence-electron chi connectivity index (χ3n) is 3.17. The average molecular weight is 308 g/mol. The van der Waals surface area contributed by atoms with E-state index in [9.17, 15) is 8.78 Å². The summed E-state index contributed by atoms with van der Waals surface area (Å²) < 4.78 is 45.1. The molecular formula is C13H11F3N6. The molecule has 0 radical (unpaired) electrons. The van der Waals surface area contributed by atoms with E-state index in [2.05, 4.69) is 20.2 Å². The molecule has 0 saturated heterocycles. The molecule has 2 heterocycles. The molecule has 3 aromatic rings. The van der Waals surface area contributed by atoms with Gasteiger partial charge in [-0.25, -0.2) is 32.5 Å². The maximum absolute atomic E-state index is 15.5. The highest BCUT2D eigenvalue weighted by Crippen LogP contribution is 2.32. The highest BCUT2D eigenvalue weighted by Gasteiger charge is 2.37. The summed E-state index contributed by atoms with van der Waals surface area (Å²) in [5, 5.41) is 7.65. The van der Waals surface area contributed by atoms with Gasteiger partial charge in [0, 0.05) is 11.6 Å². The van der Waals surface area contributed by atoms with Crippen LogP contribution in [-0.4, -0.2) is 29.5 Å². The van der Waals surface area contributed by atoms with E-state index in [1.54, 1.807) is 0 Å². The van der Waals surface area contributed by atoms with Gasteiger partial charge in [-0.3, -0.25) is 0 Å². The zero-order chi connectivity index (χ0) is 15.6. The van der Waals surface area contributed by atoms with Crippen molar-refractivity contribution in [3.63, 3.8) is 0 Å². The molecule has 6 nitrogen and oxygen atoms in total. The highest BCUT2D eigenvalue weighted by molar-refractivity contribution is 5.25. The number of hydrogen-bond acceptors (Lipinski definition) is 4. The van der Waals surface area contributed by atoms with Crippen LogP contribution in [-0.2, 0) is 18.8 Å². The minimum absolute atomic E-state index is 0.278. The number of nitrogens with zero attached hydrogens (tertiary/aromatic N) is 6. The van der Waals surface area contributed by atoms with Crippen LogP contribution in [0.1, 0.15) is 5.56 Å². The summed E-state index contributed by atoms with van der Waals surface area (Å²) >= 11 is 0. The van der Waals surface area contributed by atoms with E-state index < -0.39 is 17.3 Å². The van der Waals surface area contributed by atoms with Crippen molar-refractivity contribution in [1.82, 2.24) is 29.5 Å². The summed E-state index contributed by atoms with van der Waals surface area (Å²) in [6.45, 7) is -0.592. The Hall–Kier alpha value is -2.71. The highest BCUT2D eigenvalue weighted by atomic mass is 19.2. The van der Waals surface area contributed by atoms with Crippen molar-refractivity contribution in [2.45, 2.75) is 18.8 Å². The topological polar surface area (TPSA) is 61.4 Å². The van der Waals surface area contributed by atoms with Crippen molar-refractivity contribution in [3.05, 3.63) is 60.7 Å². The Bertz CT molecular complexity index is 705. The van der Waals surface area contributed by atoms with Gasteiger partial charge in [-0.05, 0) is 12.1 Å². The van der Waals surface area contributed by atoms with Crippen LogP contribution in [0, 0.1) is 11.6 Å². The van der Waals surface area contributed by atoms with Crippen LogP contribution in [0.5, 0.6) is 0 Å². The molecule has 114 valence electrons. The van der Waals surface area contributed by atoms with E-state index in [0.717, 1.165) is 12.1 Å². The lowest BCUT2D eigenvalue weighted by Gasteiger charge is -2.26. The molecule has 0 spiro atoms. The molecular weight excluding hydrogens is 297 g/mol. The standard InChI is InChI=1S/C13H11F3N6/c14-10-1-2-11(12(15)3-10)13(16,4-21-8-17-6-19-21)5-22-9-18-7-20-22/h1-3,6-9H,4-5H2. The van der Waals surface area contributed by atoms with Gasteiger partial charge in [-0.2, -0.15) is 10.2 Å². The average Bonchev–Trinajstić information content (AvgIpc) is 3.12. The Morgan fingerprint density at radius 2 is 1.55 bits per heavy atom. The van der Waals surface area contributed by atoms with Crippen molar-refractivity contribution in [3.8, 4) is 0 Å². The van der Waals surface area contributed by atoms with E-state index in [1.165, 1.54) is 34.7 Å². The van der Waals surface area contributed by atoms with Gasteiger partial charge in [0.25, 0.3) is 0 Å². The maximum Gasteiger partial charge on any atom is 0.177 e. The number of hydrogen-bond donors (Lipinski definition) is 0.